The minimum absolute atomic E-state index is 0.431. The third-order valence-corrected chi connectivity index (χ3v) is 4.70. The van der Waals surface area contributed by atoms with Gasteiger partial charge in [-0.05, 0) is 32.6 Å². The van der Waals surface area contributed by atoms with Crippen molar-refractivity contribution in [3.8, 4) is 6.07 Å². The molecule has 1 aliphatic rings. The van der Waals surface area contributed by atoms with Crippen LogP contribution in [0, 0.1) is 11.3 Å². The van der Waals surface area contributed by atoms with Crippen molar-refractivity contribution in [3.05, 3.63) is 30.2 Å². The Morgan fingerprint density at radius 1 is 1.39 bits per heavy atom. The number of nitriles is 1. The zero-order chi connectivity index (χ0) is 16.0. The smallest absolute Gasteiger partial charge is 0.141 e. The highest BCUT2D eigenvalue weighted by molar-refractivity contribution is 6.12. The molecule has 6 heteroatoms. The van der Waals surface area contributed by atoms with Crippen LogP contribution in [0.4, 0.5) is 5.69 Å². The molecule has 4 heterocycles. The van der Waals surface area contributed by atoms with Gasteiger partial charge in [-0.1, -0.05) is 0 Å². The summed E-state index contributed by atoms with van der Waals surface area (Å²) in [7, 11) is 4.26. The SMILES string of the molecule is CN(C)[C@H]1CCN(c2ccnc3[nH]c4cnc(C#N)cc4c23)C1. The summed E-state index contributed by atoms with van der Waals surface area (Å²) in [6, 6.07) is 6.60. The molecule has 4 rings (SSSR count). The van der Waals surface area contributed by atoms with Crippen LogP contribution in [0.1, 0.15) is 12.1 Å². The standard InChI is InChI=1S/C17H18N6/c1-22(2)12-4-6-23(10-12)15-3-5-19-17-16(15)13-7-11(8-18)20-9-14(13)21-17/h3,5,7,9,12H,4,6,10H2,1-2H3,(H,19,21)/t12-/m0/s1. The van der Waals surface area contributed by atoms with E-state index in [0.717, 1.165) is 41.4 Å². The summed E-state index contributed by atoms with van der Waals surface area (Å²) in [5, 5.41) is 11.2. The maximum atomic E-state index is 9.13. The number of aromatic amines is 1. The van der Waals surface area contributed by atoms with Crippen molar-refractivity contribution >= 4 is 27.6 Å². The predicted molar refractivity (Wildman–Crippen MR) is 90.4 cm³/mol. The van der Waals surface area contributed by atoms with Crippen LogP contribution in [0.3, 0.4) is 0 Å². The van der Waals surface area contributed by atoms with E-state index >= 15 is 0 Å². The summed E-state index contributed by atoms with van der Waals surface area (Å²) in [6.45, 7) is 2.04. The van der Waals surface area contributed by atoms with Gasteiger partial charge in [-0.15, -0.1) is 0 Å². The lowest BCUT2D eigenvalue weighted by atomic mass is 10.1. The van der Waals surface area contributed by atoms with Crippen molar-refractivity contribution < 1.29 is 0 Å². The topological polar surface area (TPSA) is 71.8 Å². The fraction of sp³-hybridized carbons (Fsp3) is 0.353. The second-order valence-electron chi connectivity index (χ2n) is 6.26. The zero-order valence-corrected chi connectivity index (χ0v) is 13.2. The Kier molecular flexibility index (Phi) is 3.17. The molecular weight excluding hydrogens is 288 g/mol. The maximum Gasteiger partial charge on any atom is 0.141 e. The number of likely N-dealkylation sites (N-methyl/N-ethyl adjacent to an activating group) is 1. The Morgan fingerprint density at radius 3 is 3.00 bits per heavy atom. The lowest BCUT2D eigenvalue weighted by molar-refractivity contribution is 0.315. The second kappa shape index (κ2) is 5.21. The largest absolute Gasteiger partial charge is 0.369 e. The summed E-state index contributed by atoms with van der Waals surface area (Å²) in [4.78, 5) is 16.6. The van der Waals surface area contributed by atoms with Gasteiger partial charge >= 0.3 is 0 Å². The van der Waals surface area contributed by atoms with Crippen molar-refractivity contribution in [1.29, 1.82) is 5.26 Å². The normalized spacial score (nSPS) is 18.2. The molecule has 6 nitrogen and oxygen atoms in total. The van der Waals surface area contributed by atoms with Crippen LogP contribution >= 0.6 is 0 Å². The highest BCUT2D eigenvalue weighted by Gasteiger charge is 2.26. The lowest BCUT2D eigenvalue weighted by Gasteiger charge is -2.22. The van der Waals surface area contributed by atoms with Crippen LogP contribution in [0.2, 0.25) is 0 Å². The number of nitrogens with zero attached hydrogens (tertiary/aromatic N) is 5. The molecule has 0 saturated carbocycles. The number of pyridine rings is 2. The van der Waals surface area contributed by atoms with Gasteiger partial charge in [-0.2, -0.15) is 5.26 Å². The molecule has 1 fully saturated rings. The average molecular weight is 306 g/mol. The van der Waals surface area contributed by atoms with Gasteiger partial charge < -0.3 is 14.8 Å². The van der Waals surface area contributed by atoms with E-state index in [-0.39, 0.29) is 0 Å². The molecule has 0 aliphatic carbocycles. The Balaban J connectivity index is 1.88. The molecule has 0 unspecified atom stereocenters. The molecule has 1 atom stereocenters. The van der Waals surface area contributed by atoms with Gasteiger partial charge in [0.1, 0.15) is 17.4 Å². The Morgan fingerprint density at radius 2 is 2.26 bits per heavy atom. The minimum atomic E-state index is 0.431. The van der Waals surface area contributed by atoms with Crippen molar-refractivity contribution in [1.82, 2.24) is 19.9 Å². The van der Waals surface area contributed by atoms with E-state index in [9.17, 15) is 0 Å². The van der Waals surface area contributed by atoms with Gasteiger partial charge in [0.2, 0.25) is 0 Å². The van der Waals surface area contributed by atoms with Gasteiger partial charge in [-0.3, -0.25) is 0 Å². The van der Waals surface area contributed by atoms with Gasteiger partial charge in [-0.25, -0.2) is 9.97 Å². The number of rotatable bonds is 2. The fourth-order valence-corrected chi connectivity index (χ4v) is 3.41. The highest BCUT2D eigenvalue weighted by atomic mass is 15.2. The molecule has 0 bridgehead atoms. The van der Waals surface area contributed by atoms with Crippen LogP contribution in [0.5, 0.6) is 0 Å². The first-order valence-corrected chi connectivity index (χ1v) is 7.75. The molecule has 0 amide bonds. The Labute approximate surface area is 134 Å². The summed E-state index contributed by atoms with van der Waals surface area (Å²) in [6.07, 6.45) is 4.71. The molecule has 1 N–H and O–H groups in total. The van der Waals surface area contributed by atoms with Gasteiger partial charge in [0.25, 0.3) is 0 Å². The van der Waals surface area contributed by atoms with Gasteiger partial charge in [0, 0.05) is 36.4 Å². The molecule has 1 saturated heterocycles. The second-order valence-corrected chi connectivity index (χ2v) is 6.26. The summed E-state index contributed by atoms with van der Waals surface area (Å²) >= 11 is 0. The molecule has 3 aromatic rings. The Bertz CT molecular complexity index is 920. The molecular formula is C17H18N6. The van der Waals surface area contributed by atoms with E-state index in [4.69, 9.17) is 5.26 Å². The van der Waals surface area contributed by atoms with Crippen LogP contribution in [-0.4, -0.2) is 53.1 Å². The molecule has 0 spiro atoms. The first kappa shape index (κ1) is 14.0. The van der Waals surface area contributed by atoms with Crippen LogP contribution in [0.25, 0.3) is 21.9 Å². The quantitative estimate of drug-likeness (QED) is 0.785. The molecule has 0 radical (unpaired) electrons. The van der Waals surface area contributed by atoms with Crippen molar-refractivity contribution in [2.24, 2.45) is 0 Å². The van der Waals surface area contributed by atoms with E-state index in [1.807, 2.05) is 12.3 Å². The summed E-state index contributed by atoms with van der Waals surface area (Å²) < 4.78 is 0. The molecule has 1 aliphatic heterocycles. The number of hydrogen-bond donors (Lipinski definition) is 1. The van der Waals surface area contributed by atoms with Gasteiger partial charge in [0.15, 0.2) is 0 Å². The Hall–Kier alpha value is -2.65. The number of hydrogen-bond acceptors (Lipinski definition) is 5. The molecule has 23 heavy (non-hydrogen) atoms. The number of fused-ring (bicyclic) bond motifs is 3. The molecule has 3 aromatic heterocycles. The van der Waals surface area contributed by atoms with Crippen LogP contribution < -0.4 is 4.90 Å². The summed E-state index contributed by atoms with van der Waals surface area (Å²) in [5.41, 5.74) is 3.38. The number of anilines is 1. The van der Waals surface area contributed by atoms with E-state index in [1.54, 1.807) is 6.20 Å². The molecule has 0 aromatic carbocycles. The number of aromatic nitrogens is 3. The van der Waals surface area contributed by atoms with E-state index in [2.05, 4.69) is 51.0 Å². The lowest BCUT2D eigenvalue weighted by Crippen LogP contribution is -2.31. The third-order valence-electron chi connectivity index (χ3n) is 4.70. The monoisotopic (exact) mass is 306 g/mol. The fourth-order valence-electron chi connectivity index (χ4n) is 3.41. The minimum Gasteiger partial charge on any atom is -0.369 e. The summed E-state index contributed by atoms with van der Waals surface area (Å²) in [5.74, 6) is 0. The third kappa shape index (κ3) is 2.21. The van der Waals surface area contributed by atoms with Crippen LogP contribution in [-0.2, 0) is 0 Å². The van der Waals surface area contributed by atoms with Crippen molar-refractivity contribution in [2.75, 3.05) is 32.1 Å². The van der Waals surface area contributed by atoms with E-state index in [1.165, 1.54) is 5.69 Å². The predicted octanol–water partition coefficient (Wildman–Crippen LogP) is 2.12. The van der Waals surface area contributed by atoms with Crippen LogP contribution in [0.15, 0.2) is 24.5 Å². The van der Waals surface area contributed by atoms with Crippen molar-refractivity contribution in [2.45, 2.75) is 12.5 Å². The van der Waals surface area contributed by atoms with E-state index < -0.39 is 0 Å². The van der Waals surface area contributed by atoms with E-state index in [0.29, 0.717) is 11.7 Å². The number of H-pyrrole nitrogens is 1. The molecule has 116 valence electrons. The maximum absolute atomic E-state index is 9.13. The first-order chi connectivity index (χ1) is 11.2. The van der Waals surface area contributed by atoms with Crippen molar-refractivity contribution in [3.63, 3.8) is 0 Å². The number of nitrogens with one attached hydrogen (secondary N) is 1. The van der Waals surface area contributed by atoms with Gasteiger partial charge in [0.05, 0.1) is 17.1 Å². The first-order valence-electron chi connectivity index (χ1n) is 7.75. The highest BCUT2D eigenvalue weighted by Crippen LogP contribution is 2.34. The zero-order valence-electron chi connectivity index (χ0n) is 13.2. The average Bonchev–Trinajstić information content (AvgIpc) is 3.18.